The number of rotatable bonds is 8. The lowest BCUT2D eigenvalue weighted by atomic mass is 10.1. The fraction of sp³-hybridized carbons (Fsp3) is 0.333. The third-order valence-corrected chi connectivity index (χ3v) is 4.38. The van der Waals surface area contributed by atoms with Crippen molar-refractivity contribution in [1.29, 1.82) is 5.26 Å². The first kappa shape index (κ1) is 20.3. The summed E-state index contributed by atoms with van der Waals surface area (Å²) >= 11 is 0. The van der Waals surface area contributed by atoms with Crippen LogP contribution in [-0.2, 0) is 11.8 Å². The predicted octanol–water partition coefficient (Wildman–Crippen LogP) is 3.25. The second kappa shape index (κ2) is 9.17. The van der Waals surface area contributed by atoms with E-state index in [9.17, 15) is 5.26 Å². The first-order chi connectivity index (χ1) is 14.0. The van der Waals surface area contributed by atoms with E-state index in [4.69, 9.17) is 15.2 Å². The van der Waals surface area contributed by atoms with Crippen LogP contribution in [0.1, 0.15) is 42.5 Å². The Hall–Kier alpha value is -3.44. The van der Waals surface area contributed by atoms with Crippen LogP contribution in [0.15, 0.2) is 46.2 Å². The largest absolute Gasteiger partial charge is 0.495 e. The maximum atomic E-state index is 9.29. The van der Waals surface area contributed by atoms with Crippen molar-refractivity contribution in [3.05, 3.63) is 53.0 Å². The summed E-state index contributed by atoms with van der Waals surface area (Å²) in [6, 6.07) is 9.14. The molecule has 0 spiro atoms. The zero-order chi connectivity index (χ0) is 20.8. The van der Waals surface area contributed by atoms with E-state index in [1.165, 1.54) is 0 Å². The van der Waals surface area contributed by atoms with Gasteiger partial charge in [-0.1, -0.05) is 0 Å². The van der Waals surface area contributed by atoms with Crippen molar-refractivity contribution in [2.45, 2.75) is 25.7 Å². The van der Waals surface area contributed by atoms with E-state index in [-0.39, 0.29) is 0 Å². The summed E-state index contributed by atoms with van der Waals surface area (Å²) in [5.41, 5.74) is 7.54. The number of ether oxygens (including phenoxy) is 2. The zero-order valence-electron chi connectivity index (χ0n) is 16.6. The molecular weight excluding hydrogens is 368 g/mol. The molecule has 0 radical (unpaired) electrons. The molecule has 0 unspecified atom stereocenters. The molecule has 1 aliphatic carbocycles. The van der Waals surface area contributed by atoms with Crippen LogP contribution in [0.25, 0.3) is 0 Å². The highest BCUT2D eigenvalue weighted by Gasteiger charge is 2.27. The van der Waals surface area contributed by atoms with Gasteiger partial charge >= 0.3 is 0 Å². The van der Waals surface area contributed by atoms with Crippen molar-refractivity contribution in [2.75, 3.05) is 13.2 Å². The Balaban J connectivity index is 1.94. The van der Waals surface area contributed by atoms with Crippen LogP contribution < -0.4 is 10.5 Å². The summed E-state index contributed by atoms with van der Waals surface area (Å²) in [6.07, 6.45) is 3.86. The van der Waals surface area contributed by atoms with Crippen LogP contribution in [0.3, 0.4) is 0 Å². The van der Waals surface area contributed by atoms with Gasteiger partial charge in [0.2, 0.25) is 5.88 Å². The van der Waals surface area contributed by atoms with Crippen LogP contribution in [0.4, 0.5) is 0 Å². The molecule has 0 atom stereocenters. The molecule has 1 aromatic heterocycles. The minimum absolute atomic E-state index is 0.352. The number of hydrogen-bond acceptors (Lipinski definition) is 6. The molecule has 0 saturated heterocycles. The highest BCUT2D eigenvalue weighted by molar-refractivity contribution is 6.04. The molecule has 8 heteroatoms. The lowest BCUT2D eigenvalue weighted by Crippen LogP contribution is -2.07. The van der Waals surface area contributed by atoms with E-state index in [1.807, 2.05) is 13.1 Å². The molecule has 1 aliphatic rings. The fourth-order valence-corrected chi connectivity index (χ4v) is 2.72. The summed E-state index contributed by atoms with van der Waals surface area (Å²) in [4.78, 5) is 8.39. The highest BCUT2D eigenvalue weighted by Crippen LogP contribution is 2.41. The van der Waals surface area contributed by atoms with Crippen molar-refractivity contribution >= 4 is 12.6 Å². The third-order valence-electron chi connectivity index (χ3n) is 4.38. The normalized spacial score (nSPS) is 14.4. The molecule has 1 aromatic carbocycles. The number of nitrogens with zero attached hydrogens (tertiary/aromatic N) is 5. The number of nitriles is 1. The van der Waals surface area contributed by atoms with Crippen molar-refractivity contribution in [3.63, 3.8) is 0 Å². The van der Waals surface area contributed by atoms with Gasteiger partial charge in [-0.05, 0) is 44.7 Å². The standard InChI is InChI=1S/C21H24N6O2/c1-14(28-9-8-22)13-25-21(24-2)17-7-4-15(12-23)10-19(17)29-20-11-18(16-5-6-16)26-27(20)3/h4,7,10-11,13,16H,2,5-6,8-9,22H2,1,3H3/b14-13+,25-21-. The Labute approximate surface area is 170 Å². The molecule has 1 fully saturated rings. The molecule has 0 aliphatic heterocycles. The number of allylic oxidation sites excluding steroid dienone is 1. The average Bonchev–Trinajstić information content (AvgIpc) is 3.51. The van der Waals surface area contributed by atoms with Gasteiger partial charge in [-0.3, -0.25) is 0 Å². The van der Waals surface area contributed by atoms with Gasteiger partial charge in [-0.25, -0.2) is 14.7 Å². The second-order valence-corrected chi connectivity index (χ2v) is 6.72. The van der Waals surface area contributed by atoms with Gasteiger partial charge in [0.05, 0.1) is 35.7 Å². The summed E-state index contributed by atoms with van der Waals surface area (Å²) in [5.74, 6) is 2.51. The molecule has 2 N–H and O–H groups in total. The average molecular weight is 392 g/mol. The number of nitrogens with two attached hydrogens (primary N) is 1. The zero-order valence-corrected chi connectivity index (χ0v) is 16.6. The molecule has 29 heavy (non-hydrogen) atoms. The summed E-state index contributed by atoms with van der Waals surface area (Å²) in [7, 11) is 1.83. The molecule has 8 nitrogen and oxygen atoms in total. The van der Waals surface area contributed by atoms with E-state index in [0.29, 0.717) is 53.4 Å². The van der Waals surface area contributed by atoms with E-state index in [2.05, 4.69) is 27.9 Å². The van der Waals surface area contributed by atoms with Gasteiger partial charge in [-0.2, -0.15) is 10.4 Å². The molecule has 0 amide bonds. The number of aliphatic imine (C=N–C) groups is 2. The number of amidine groups is 1. The molecular formula is C21H24N6O2. The van der Waals surface area contributed by atoms with Crippen molar-refractivity contribution in [3.8, 4) is 17.7 Å². The van der Waals surface area contributed by atoms with E-state index >= 15 is 0 Å². The number of hydrogen-bond donors (Lipinski definition) is 1. The Morgan fingerprint density at radius 3 is 2.90 bits per heavy atom. The Morgan fingerprint density at radius 1 is 1.45 bits per heavy atom. The summed E-state index contributed by atoms with van der Waals surface area (Å²) in [6.45, 7) is 6.22. The topological polar surface area (TPSA) is 111 Å². The molecule has 1 heterocycles. The number of aromatic nitrogens is 2. The van der Waals surface area contributed by atoms with Crippen LogP contribution >= 0.6 is 0 Å². The fourth-order valence-electron chi connectivity index (χ4n) is 2.72. The number of benzene rings is 1. The lowest BCUT2D eigenvalue weighted by Gasteiger charge is -2.11. The Kier molecular flexibility index (Phi) is 6.42. The third kappa shape index (κ3) is 5.09. The van der Waals surface area contributed by atoms with Crippen LogP contribution in [-0.4, -0.2) is 35.5 Å². The highest BCUT2D eigenvalue weighted by atomic mass is 16.5. The van der Waals surface area contributed by atoms with Gasteiger partial charge in [-0.15, -0.1) is 0 Å². The van der Waals surface area contributed by atoms with Gasteiger partial charge in [0.1, 0.15) is 11.5 Å². The van der Waals surface area contributed by atoms with Crippen molar-refractivity contribution < 1.29 is 9.47 Å². The second-order valence-electron chi connectivity index (χ2n) is 6.72. The van der Waals surface area contributed by atoms with E-state index in [1.54, 1.807) is 36.0 Å². The Bertz CT molecular complexity index is 995. The minimum Gasteiger partial charge on any atom is -0.495 e. The first-order valence-electron chi connectivity index (χ1n) is 9.36. The molecule has 3 rings (SSSR count). The van der Waals surface area contributed by atoms with Crippen LogP contribution in [0.5, 0.6) is 11.6 Å². The summed E-state index contributed by atoms with van der Waals surface area (Å²) in [5, 5.41) is 13.8. The van der Waals surface area contributed by atoms with E-state index < -0.39 is 0 Å². The van der Waals surface area contributed by atoms with Crippen molar-refractivity contribution in [2.24, 2.45) is 22.8 Å². The minimum atomic E-state index is 0.352. The van der Waals surface area contributed by atoms with E-state index in [0.717, 1.165) is 18.5 Å². The van der Waals surface area contributed by atoms with Gasteiger partial charge in [0.15, 0.2) is 5.84 Å². The maximum absolute atomic E-state index is 9.29. The molecule has 1 saturated carbocycles. The molecule has 0 bridgehead atoms. The molecule has 150 valence electrons. The monoisotopic (exact) mass is 392 g/mol. The van der Waals surface area contributed by atoms with Gasteiger partial charge in [0, 0.05) is 25.6 Å². The number of aryl methyl sites for hydroxylation is 1. The SMILES string of the molecule is C=N/C(=N\C=C(/C)OCCN)c1ccc(C#N)cc1Oc1cc(C2CC2)nn1C. The van der Waals surface area contributed by atoms with Crippen molar-refractivity contribution in [1.82, 2.24) is 9.78 Å². The summed E-state index contributed by atoms with van der Waals surface area (Å²) < 4.78 is 13.2. The molecule has 2 aromatic rings. The van der Waals surface area contributed by atoms with Crippen LogP contribution in [0.2, 0.25) is 0 Å². The Morgan fingerprint density at radius 2 is 2.24 bits per heavy atom. The quantitative estimate of drug-likeness (QED) is 0.421. The predicted molar refractivity (Wildman–Crippen MR) is 111 cm³/mol. The smallest absolute Gasteiger partial charge is 0.217 e. The lowest BCUT2D eigenvalue weighted by molar-refractivity contribution is 0.222. The van der Waals surface area contributed by atoms with Gasteiger partial charge in [0.25, 0.3) is 0 Å². The maximum Gasteiger partial charge on any atom is 0.217 e. The first-order valence-corrected chi connectivity index (χ1v) is 9.36. The van der Waals surface area contributed by atoms with Crippen LogP contribution in [0, 0.1) is 11.3 Å². The van der Waals surface area contributed by atoms with Gasteiger partial charge < -0.3 is 15.2 Å².